The van der Waals surface area contributed by atoms with E-state index in [2.05, 4.69) is 10.3 Å². The Bertz CT molecular complexity index is 540. The summed E-state index contributed by atoms with van der Waals surface area (Å²) in [5.41, 5.74) is 0.750. The Balaban J connectivity index is 2.13. The van der Waals surface area contributed by atoms with E-state index >= 15 is 0 Å². The number of likely N-dealkylation sites (N-methyl/N-ethyl adjacent to an activating group) is 1. The molecule has 19 heavy (non-hydrogen) atoms. The quantitative estimate of drug-likeness (QED) is 0.815. The predicted molar refractivity (Wildman–Crippen MR) is 70.7 cm³/mol. The molecule has 5 heteroatoms. The highest BCUT2D eigenvalue weighted by molar-refractivity contribution is 5.59. The largest absolute Gasteiger partial charge is 0.494 e. The van der Waals surface area contributed by atoms with E-state index in [0.29, 0.717) is 11.7 Å². The summed E-state index contributed by atoms with van der Waals surface area (Å²) < 4.78 is 23.9. The first-order valence-electron chi connectivity index (χ1n) is 6.24. The van der Waals surface area contributed by atoms with E-state index in [1.54, 1.807) is 18.3 Å². The third-order valence-corrected chi connectivity index (χ3v) is 2.75. The molecule has 2 aromatic rings. The smallest absolute Gasteiger partial charge is 0.196 e. The molecule has 0 bridgehead atoms. The number of oxazole rings is 1. The molecule has 0 atom stereocenters. The van der Waals surface area contributed by atoms with Crippen LogP contribution in [0.4, 0.5) is 4.39 Å². The van der Waals surface area contributed by atoms with E-state index in [0.717, 1.165) is 25.1 Å². The lowest BCUT2D eigenvalue weighted by Crippen LogP contribution is -2.16. The molecular weight excluding hydrogens is 247 g/mol. The van der Waals surface area contributed by atoms with Crippen LogP contribution >= 0.6 is 0 Å². The molecule has 0 saturated carbocycles. The molecule has 0 aliphatic rings. The van der Waals surface area contributed by atoms with Gasteiger partial charge in [0.05, 0.1) is 13.3 Å². The highest BCUT2D eigenvalue weighted by Gasteiger charge is 2.09. The van der Waals surface area contributed by atoms with Gasteiger partial charge < -0.3 is 14.5 Å². The zero-order valence-corrected chi connectivity index (χ0v) is 11.1. The molecule has 0 aliphatic heterocycles. The summed E-state index contributed by atoms with van der Waals surface area (Å²) >= 11 is 0. The lowest BCUT2D eigenvalue weighted by molar-refractivity contribution is 0.386. The summed E-state index contributed by atoms with van der Waals surface area (Å²) in [4.78, 5) is 4.20. The van der Waals surface area contributed by atoms with Gasteiger partial charge >= 0.3 is 0 Å². The highest BCUT2D eigenvalue weighted by atomic mass is 19.1. The van der Waals surface area contributed by atoms with Gasteiger partial charge in [-0.05, 0) is 24.7 Å². The summed E-state index contributed by atoms with van der Waals surface area (Å²) in [5, 5.41) is 3.20. The fraction of sp³-hybridized carbons (Fsp3) is 0.357. The third-order valence-electron chi connectivity index (χ3n) is 2.75. The van der Waals surface area contributed by atoms with Crippen molar-refractivity contribution in [2.45, 2.75) is 13.3 Å². The van der Waals surface area contributed by atoms with Crippen LogP contribution in [-0.2, 0) is 6.42 Å². The van der Waals surface area contributed by atoms with Gasteiger partial charge in [-0.25, -0.2) is 9.37 Å². The Labute approximate surface area is 111 Å². The Hall–Kier alpha value is -1.88. The van der Waals surface area contributed by atoms with Crippen LogP contribution in [0.25, 0.3) is 11.3 Å². The van der Waals surface area contributed by atoms with E-state index in [9.17, 15) is 4.39 Å². The molecule has 0 radical (unpaired) electrons. The summed E-state index contributed by atoms with van der Waals surface area (Å²) in [7, 11) is 1.43. The molecule has 2 rings (SSSR count). The topological polar surface area (TPSA) is 47.3 Å². The van der Waals surface area contributed by atoms with E-state index < -0.39 is 5.82 Å². The SMILES string of the molecule is CCNCCc1ncc(-c2ccc(F)c(OC)c2)o1. The second-order valence-electron chi connectivity index (χ2n) is 4.07. The molecule has 0 aliphatic carbocycles. The average molecular weight is 264 g/mol. The monoisotopic (exact) mass is 264 g/mol. The van der Waals surface area contributed by atoms with Gasteiger partial charge in [0.2, 0.25) is 0 Å². The van der Waals surface area contributed by atoms with Gasteiger partial charge in [-0.1, -0.05) is 6.92 Å². The number of nitrogens with zero attached hydrogens (tertiary/aromatic N) is 1. The second-order valence-corrected chi connectivity index (χ2v) is 4.07. The lowest BCUT2D eigenvalue weighted by Gasteiger charge is -2.03. The number of hydrogen-bond donors (Lipinski definition) is 1. The average Bonchev–Trinajstić information content (AvgIpc) is 2.88. The molecule has 4 nitrogen and oxygen atoms in total. The Morgan fingerprint density at radius 2 is 2.26 bits per heavy atom. The first kappa shape index (κ1) is 13.5. The van der Waals surface area contributed by atoms with Gasteiger partial charge in [-0.2, -0.15) is 0 Å². The number of hydrogen-bond acceptors (Lipinski definition) is 4. The maximum Gasteiger partial charge on any atom is 0.196 e. The van der Waals surface area contributed by atoms with Crippen LogP contribution in [0.5, 0.6) is 5.75 Å². The molecule has 1 aromatic heterocycles. The van der Waals surface area contributed by atoms with E-state index in [1.165, 1.54) is 13.2 Å². The van der Waals surface area contributed by atoms with Gasteiger partial charge in [0.1, 0.15) is 0 Å². The van der Waals surface area contributed by atoms with Crippen molar-refractivity contribution >= 4 is 0 Å². The standard InChI is InChI=1S/C14H17FN2O2/c1-3-16-7-6-14-17-9-13(19-14)10-4-5-11(15)12(8-10)18-2/h4-5,8-9,16H,3,6-7H2,1-2H3. The zero-order chi connectivity index (χ0) is 13.7. The molecule has 0 fully saturated rings. The minimum atomic E-state index is -0.391. The fourth-order valence-electron chi connectivity index (χ4n) is 1.74. The molecule has 0 spiro atoms. The maximum atomic E-state index is 13.3. The van der Waals surface area contributed by atoms with Crippen LogP contribution in [0, 0.1) is 5.82 Å². The number of rotatable bonds is 6. The number of halogens is 1. The first-order valence-corrected chi connectivity index (χ1v) is 6.24. The Morgan fingerprint density at radius 3 is 3.00 bits per heavy atom. The second kappa shape index (κ2) is 6.33. The van der Waals surface area contributed by atoms with Crippen molar-refractivity contribution < 1.29 is 13.5 Å². The van der Waals surface area contributed by atoms with Gasteiger partial charge in [-0.15, -0.1) is 0 Å². The van der Waals surface area contributed by atoms with E-state index in [-0.39, 0.29) is 5.75 Å². The number of nitrogens with one attached hydrogen (secondary N) is 1. The number of methoxy groups -OCH3 is 1. The van der Waals surface area contributed by atoms with Crippen molar-refractivity contribution in [3.8, 4) is 17.1 Å². The van der Waals surface area contributed by atoms with Crippen LogP contribution in [0.2, 0.25) is 0 Å². The van der Waals surface area contributed by atoms with Crippen molar-refractivity contribution in [1.82, 2.24) is 10.3 Å². The summed E-state index contributed by atoms with van der Waals surface area (Å²) in [6.07, 6.45) is 2.38. The van der Waals surface area contributed by atoms with Crippen molar-refractivity contribution in [1.29, 1.82) is 0 Å². The minimum absolute atomic E-state index is 0.197. The van der Waals surface area contributed by atoms with Crippen LogP contribution in [-0.4, -0.2) is 25.2 Å². The zero-order valence-electron chi connectivity index (χ0n) is 11.1. The van der Waals surface area contributed by atoms with Crippen LogP contribution in [0.15, 0.2) is 28.8 Å². The predicted octanol–water partition coefficient (Wildman–Crippen LogP) is 2.64. The van der Waals surface area contributed by atoms with E-state index in [1.807, 2.05) is 6.92 Å². The minimum Gasteiger partial charge on any atom is -0.494 e. The van der Waals surface area contributed by atoms with Crippen molar-refractivity contribution in [3.63, 3.8) is 0 Å². The highest BCUT2D eigenvalue weighted by Crippen LogP contribution is 2.26. The summed E-state index contributed by atoms with van der Waals surface area (Å²) in [6.45, 7) is 3.79. The van der Waals surface area contributed by atoms with Crippen LogP contribution in [0.3, 0.4) is 0 Å². The number of ether oxygens (including phenoxy) is 1. The van der Waals surface area contributed by atoms with Crippen LogP contribution < -0.4 is 10.1 Å². The molecular formula is C14H17FN2O2. The van der Waals surface area contributed by atoms with Crippen molar-refractivity contribution in [2.75, 3.05) is 20.2 Å². The molecule has 0 amide bonds. The Kier molecular flexibility index (Phi) is 4.52. The Morgan fingerprint density at radius 1 is 1.42 bits per heavy atom. The normalized spacial score (nSPS) is 10.7. The molecule has 1 aromatic carbocycles. The maximum absolute atomic E-state index is 13.3. The molecule has 1 heterocycles. The van der Waals surface area contributed by atoms with Gasteiger partial charge in [0, 0.05) is 18.5 Å². The van der Waals surface area contributed by atoms with E-state index in [4.69, 9.17) is 9.15 Å². The first-order chi connectivity index (χ1) is 9.24. The van der Waals surface area contributed by atoms with Gasteiger partial charge in [-0.3, -0.25) is 0 Å². The lowest BCUT2D eigenvalue weighted by atomic mass is 10.2. The molecule has 0 saturated heterocycles. The van der Waals surface area contributed by atoms with Crippen molar-refractivity contribution in [3.05, 3.63) is 36.1 Å². The number of aromatic nitrogens is 1. The van der Waals surface area contributed by atoms with Crippen LogP contribution in [0.1, 0.15) is 12.8 Å². The summed E-state index contributed by atoms with van der Waals surface area (Å²) in [6, 6.07) is 4.60. The van der Waals surface area contributed by atoms with Gasteiger partial charge in [0.15, 0.2) is 23.2 Å². The molecule has 1 N–H and O–H groups in total. The summed E-state index contributed by atoms with van der Waals surface area (Å²) in [5.74, 6) is 1.09. The fourth-order valence-corrected chi connectivity index (χ4v) is 1.74. The molecule has 102 valence electrons. The van der Waals surface area contributed by atoms with Gasteiger partial charge in [0.25, 0.3) is 0 Å². The number of benzene rings is 1. The molecule has 0 unspecified atom stereocenters. The van der Waals surface area contributed by atoms with Crippen molar-refractivity contribution in [2.24, 2.45) is 0 Å². The third kappa shape index (κ3) is 3.32.